The van der Waals surface area contributed by atoms with E-state index >= 15 is 0 Å². The highest BCUT2D eigenvalue weighted by atomic mass is 16.5. The van der Waals surface area contributed by atoms with Gasteiger partial charge >= 0.3 is 5.97 Å². The molecule has 0 aliphatic rings. The quantitative estimate of drug-likeness (QED) is 0.351. The summed E-state index contributed by atoms with van der Waals surface area (Å²) < 4.78 is 5.60. The number of hydrogen-bond acceptors (Lipinski definition) is 7. The molecule has 8 heteroatoms. The minimum atomic E-state index is -0.431. The number of anilines is 1. The Balaban J connectivity index is 2.93. The summed E-state index contributed by atoms with van der Waals surface area (Å²) in [4.78, 5) is 27.1. The molecule has 0 spiro atoms. The van der Waals surface area contributed by atoms with Crippen LogP contribution >= 0.6 is 0 Å². The van der Waals surface area contributed by atoms with Crippen molar-refractivity contribution >= 4 is 11.9 Å². The first-order valence-corrected chi connectivity index (χ1v) is 5.51. The van der Waals surface area contributed by atoms with Gasteiger partial charge in [-0.25, -0.2) is 10.8 Å². The molecule has 5 N–H and O–H groups in total. The van der Waals surface area contributed by atoms with Crippen LogP contribution in [-0.2, 0) is 16.0 Å². The molecule has 18 heavy (non-hydrogen) atoms. The normalized spacial score (nSPS) is 10.2. The summed E-state index contributed by atoms with van der Waals surface area (Å²) in [5, 5.41) is 0. The van der Waals surface area contributed by atoms with E-state index in [1.54, 1.807) is 13.8 Å². The molecule has 0 fully saturated rings. The minimum Gasteiger partial charge on any atom is -0.466 e. The maximum absolute atomic E-state index is 11.9. The van der Waals surface area contributed by atoms with Crippen molar-refractivity contribution in [1.29, 1.82) is 0 Å². The van der Waals surface area contributed by atoms with Crippen molar-refractivity contribution in [3.05, 3.63) is 21.6 Å². The van der Waals surface area contributed by atoms with Crippen LogP contribution in [0.5, 0.6) is 0 Å². The topological polar surface area (TPSA) is 125 Å². The largest absolute Gasteiger partial charge is 0.466 e. The zero-order valence-corrected chi connectivity index (χ0v) is 10.4. The van der Waals surface area contributed by atoms with Gasteiger partial charge in [-0.1, -0.05) is 0 Å². The van der Waals surface area contributed by atoms with Crippen LogP contribution in [0.1, 0.15) is 24.6 Å². The molecule has 0 saturated carbocycles. The van der Waals surface area contributed by atoms with Gasteiger partial charge < -0.3 is 10.6 Å². The molecule has 0 radical (unpaired) electrons. The van der Waals surface area contributed by atoms with Crippen molar-refractivity contribution in [1.82, 2.24) is 9.66 Å². The first-order chi connectivity index (χ1) is 8.51. The third-order valence-corrected chi connectivity index (χ3v) is 2.43. The third kappa shape index (κ3) is 2.98. The highest BCUT2D eigenvalue weighted by Gasteiger charge is 2.13. The number of aryl methyl sites for hydroxylation is 1. The van der Waals surface area contributed by atoms with Crippen molar-refractivity contribution in [2.45, 2.75) is 26.7 Å². The fourth-order valence-electron chi connectivity index (χ4n) is 1.53. The lowest BCUT2D eigenvalue weighted by molar-refractivity contribution is -0.143. The van der Waals surface area contributed by atoms with Crippen LogP contribution in [0.25, 0.3) is 0 Å². The number of hydrogen-bond donors (Lipinski definition) is 3. The lowest BCUT2D eigenvalue weighted by Crippen LogP contribution is -2.35. The van der Waals surface area contributed by atoms with Crippen LogP contribution in [0.2, 0.25) is 0 Å². The smallest absolute Gasteiger partial charge is 0.306 e. The fourth-order valence-corrected chi connectivity index (χ4v) is 1.53. The fraction of sp³-hybridized carbons (Fsp3) is 0.500. The highest BCUT2D eigenvalue weighted by Crippen LogP contribution is 2.06. The van der Waals surface area contributed by atoms with Crippen LogP contribution < -0.4 is 22.7 Å². The predicted octanol–water partition coefficient (Wildman–Crippen LogP) is -0.953. The van der Waals surface area contributed by atoms with Gasteiger partial charge in [-0.2, -0.15) is 4.68 Å². The van der Waals surface area contributed by atoms with Gasteiger partial charge in [0.15, 0.2) is 0 Å². The second-order valence-electron chi connectivity index (χ2n) is 3.62. The van der Waals surface area contributed by atoms with Gasteiger partial charge in [-0.05, 0) is 20.3 Å². The highest BCUT2D eigenvalue weighted by molar-refractivity contribution is 5.69. The SMILES string of the molecule is CCOC(=O)CCc1c(C)nc(NN)n(N)c1=O. The Labute approximate surface area is 104 Å². The van der Waals surface area contributed by atoms with Gasteiger partial charge in [0, 0.05) is 12.0 Å². The number of rotatable bonds is 5. The number of nitrogen functional groups attached to an aromatic ring is 2. The van der Waals surface area contributed by atoms with Gasteiger partial charge in [0.1, 0.15) is 0 Å². The van der Waals surface area contributed by atoms with Gasteiger partial charge in [-0.15, -0.1) is 0 Å². The van der Waals surface area contributed by atoms with E-state index in [1.807, 2.05) is 0 Å². The monoisotopic (exact) mass is 255 g/mol. The number of aromatic nitrogens is 2. The molecular formula is C10H17N5O3. The van der Waals surface area contributed by atoms with Crippen LogP contribution in [0, 0.1) is 6.92 Å². The predicted molar refractivity (Wildman–Crippen MR) is 66.1 cm³/mol. The van der Waals surface area contributed by atoms with Crippen molar-refractivity contribution in [3.8, 4) is 0 Å². The molecule has 1 aromatic rings. The number of carbonyl (C=O) groups is 1. The Kier molecular flexibility index (Phi) is 4.67. The molecule has 0 aliphatic heterocycles. The van der Waals surface area contributed by atoms with E-state index in [2.05, 4.69) is 10.4 Å². The zero-order chi connectivity index (χ0) is 13.7. The summed E-state index contributed by atoms with van der Waals surface area (Å²) in [7, 11) is 0. The van der Waals surface area contributed by atoms with Crippen molar-refractivity contribution in [2.75, 3.05) is 17.9 Å². The van der Waals surface area contributed by atoms with Gasteiger partial charge in [-0.3, -0.25) is 15.0 Å². The maximum atomic E-state index is 11.9. The van der Waals surface area contributed by atoms with Gasteiger partial charge in [0.2, 0.25) is 5.95 Å². The number of carbonyl (C=O) groups excluding carboxylic acids is 1. The molecule has 0 unspecified atom stereocenters. The number of nitrogens with one attached hydrogen (secondary N) is 1. The van der Waals surface area contributed by atoms with E-state index in [1.165, 1.54) is 0 Å². The van der Waals surface area contributed by atoms with E-state index in [-0.39, 0.29) is 24.8 Å². The molecule has 0 aliphatic carbocycles. The van der Waals surface area contributed by atoms with Crippen molar-refractivity contribution in [3.63, 3.8) is 0 Å². The van der Waals surface area contributed by atoms with Crippen LogP contribution in [0.3, 0.4) is 0 Å². The molecule has 0 aromatic carbocycles. The van der Waals surface area contributed by atoms with Crippen molar-refractivity contribution < 1.29 is 9.53 Å². The standard InChI is InChI=1S/C10H17N5O3/c1-3-18-8(16)5-4-7-6(2)13-10(14-11)15(12)9(7)17/h3-5,11-12H2,1-2H3,(H,13,14). The molecule has 1 rings (SSSR count). The summed E-state index contributed by atoms with van der Waals surface area (Å²) in [5.41, 5.74) is 2.66. The Morgan fingerprint density at radius 1 is 1.56 bits per heavy atom. The molecule has 1 heterocycles. The summed E-state index contributed by atoms with van der Waals surface area (Å²) in [6.07, 6.45) is 0.347. The summed E-state index contributed by atoms with van der Waals surface area (Å²) in [6.45, 7) is 3.69. The van der Waals surface area contributed by atoms with Crippen LogP contribution in [0.4, 0.5) is 5.95 Å². The van der Waals surface area contributed by atoms with Crippen molar-refractivity contribution in [2.24, 2.45) is 5.84 Å². The molecule has 0 bridgehead atoms. The zero-order valence-electron chi connectivity index (χ0n) is 10.4. The molecule has 0 atom stereocenters. The van der Waals surface area contributed by atoms with Crippen LogP contribution in [0.15, 0.2) is 4.79 Å². The van der Waals surface area contributed by atoms with Gasteiger partial charge in [0.25, 0.3) is 5.56 Å². The number of nitrogens with zero attached hydrogens (tertiary/aromatic N) is 2. The first kappa shape index (κ1) is 14.0. The molecule has 0 amide bonds. The third-order valence-electron chi connectivity index (χ3n) is 2.43. The average Bonchev–Trinajstić information content (AvgIpc) is 2.34. The average molecular weight is 255 g/mol. The molecule has 1 aromatic heterocycles. The Hall–Kier alpha value is -2.09. The van der Waals surface area contributed by atoms with Gasteiger partial charge in [0.05, 0.1) is 12.3 Å². The number of esters is 1. The molecule has 0 saturated heterocycles. The van der Waals surface area contributed by atoms with E-state index in [4.69, 9.17) is 16.4 Å². The summed E-state index contributed by atoms with van der Waals surface area (Å²) in [5.74, 6) is 10.4. The Morgan fingerprint density at radius 3 is 2.78 bits per heavy atom. The maximum Gasteiger partial charge on any atom is 0.306 e. The summed E-state index contributed by atoms with van der Waals surface area (Å²) in [6, 6.07) is 0. The number of hydrazine groups is 1. The second kappa shape index (κ2) is 6.01. The van der Waals surface area contributed by atoms with E-state index < -0.39 is 5.56 Å². The summed E-state index contributed by atoms with van der Waals surface area (Å²) >= 11 is 0. The lowest BCUT2D eigenvalue weighted by Gasteiger charge is -2.10. The van der Waals surface area contributed by atoms with Crippen LogP contribution in [-0.4, -0.2) is 22.2 Å². The number of ether oxygens (including phenoxy) is 1. The van der Waals surface area contributed by atoms with E-state index in [9.17, 15) is 9.59 Å². The Morgan fingerprint density at radius 2 is 2.22 bits per heavy atom. The second-order valence-corrected chi connectivity index (χ2v) is 3.62. The lowest BCUT2D eigenvalue weighted by atomic mass is 10.1. The number of nitrogens with two attached hydrogens (primary N) is 2. The molecular weight excluding hydrogens is 238 g/mol. The molecule has 8 nitrogen and oxygen atoms in total. The van der Waals surface area contributed by atoms with E-state index in [0.717, 1.165) is 4.68 Å². The van der Waals surface area contributed by atoms with E-state index in [0.29, 0.717) is 17.9 Å². The Bertz CT molecular complexity index is 497. The minimum absolute atomic E-state index is 0.0670. The molecule has 100 valence electrons. The first-order valence-electron chi connectivity index (χ1n) is 5.51.